The Morgan fingerprint density at radius 2 is 2.04 bits per heavy atom. The summed E-state index contributed by atoms with van der Waals surface area (Å²) in [7, 11) is 1.79. The number of furan rings is 1. The number of hydrogen-bond donors (Lipinski definition) is 0. The highest BCUT2D eigenvalue weighted by molar-refractivity contribution is 5.18. The van der Waals surface area contributed by atoms with Crippen LogP contribution in [0.3, 0.4) is 0 Å². The molecule has 0 bridgehead atoms. The second-order valence-corrected chi connectivity index (χ2v) is 7.24. The van der Waals surface area contributed by atoms with E-state index in [4.69, 9.17) is 4.42 Å². The van der Waals surface area contributed by atoms with E-state index in [1.165, 1.54) is 19.3 Å². The number of rotatable bonds is 6. The Bertz CT molecular complexity index is 757. The minimum absolute atomic E-state index is 0.0567. The first kappa shape index (κ1) is 14.8. The minimum Gasteiger partial charge on any atom is -0.464 e. The van der Waals surface area contributed by atoms with Crippen molar-refractivity contribution in [3.8, 4) is 0 Å². The lowest BCUT2D eigenvalue weighted by Gasteiger charge is -2.21. The van der Waals surface area contributed by atoms with E-state index in [-0.39, 0.29) is 5.56 Å². The molecule has 0 N–H and O–H groups in total. The number of aromatic nitrogens is 1. The largest absolute Gasteiger partial charge is 0.464 e. The van der Waals surface area contributed by atoms with Crippen molar-refractivity contribution >= 4 is 0 Å². The Hall–Kier alpha value is -1.81. The molecule has 4 rings (SSSR count). The second kappa shape index (κ2) is 5.68. The maximum Gasteiger partial charge on any atom is 0.250 e. The first-order chi connectivity index (χ1) is 11.1. The van der Waals surface area contributed by atoms with Gasteiger partial charge in [0, 0.05) is 37.8 Å². The van der Waals surface area contributed by atoms with E-state index in [1.807, 2.05) is 12.3 Å². The number of aryl methyl sites for hydroxylation is 1. The Kier molecular flexibility index (Phi) is 3.64. The van der Waals surface area contributed by atoms with E-state index >= 15 is 0 Å². The summed E-state index contributed by atoms with van der Waals surface area (Å²) < 4.78 is 7.67. The van der Waals surface area contributed by atoms with Gasteiger partial charge < -0.3 is 8.98 Å². The molecule has 2 aliphatic rings. The monoisotopic (exact) mass is 312 g/mol. The van der Waals surface area contributed by atoms with Crippen molar-refractivity contribution in [3.05, 3.63) is 57.9 Å². The smallest absolute Gasteiger partial charge is 0.250 e. The third kappa shape index (κ3) is 3.27. The molecule has 0 radical (unpaired) electrons. The van der Waals surface area contributed by atoms with Crippen molar-refractivity contribution in [1.29, 1.82) is 0 Å². The molecule has 0 spiro atoms. The standard InChI is InChI=1S/C19H24N2O2/c1-13-9-17(13)18-6-5-16(23-18)12-21(15-3-4-15)11-14-7-8-20(2)19(22)10-14/h5-8,10,13,15,17H,3-4,9,11-12H2,1-2H3/t13-,17+/m1/s1. The SMILES string of the molecule is C[C@@H]1C[C@@H]1c1ccc(CN(Cc2ccn(C)c(=O)c2)C2CC2)o1. The normalized spacial score (nSPS) is 23.4. The summed E-state index contributed by atoms with van der Waals surface area (Å²) in [5, 5.41) is 0. The Balaban J connectivity index is 1.46. The Labute approximate surface area is 136 Å². The number of hydrogen-bond acceptors (Lipinski definition) is 3. The van der Waals surface area contributed by atoms with Gasteiger partial charge in [-0.25, -0.2) is 0 Å². The summed E-state index contributed by atoms with van der Waals surface area (Å²) in [5.41, 5.74) is 1.14. The molecule has 2 fully saturated rings. The van der Waals surface area contributed by atoms with Crippen molar-refractivity contribution in [3.63, 3.8) is 0 Å². The molecular formula is C19H24N2O2. The highest BCUT2D eigenvalue weighted by Crippen LogP contribution is 2.47. The van der Waals surface area contributed by atoms with Crippen LogP contribution in [-0.2, 0) is 20.1 Å². The molecule has 0 saturated heterocycles. The fourth-order valence-corrected chi connectivity index (χ4v) is 3.27. The summed E-state index contributed by atoms with van der Waals surface area (Å²) in [6.07, 6.45) is 5.60. The lowest BCUT2D eigenvalue weighted by molar-refractivity contribution is 0.223. The van der Waals surface area contributed by atoms with Crippen LogP contribution in [0.4, 0.5) is 0 Å². The first-order valence-corrected chi connectivity index (χ1v) is 8.58. The molecule has 2 atom stereocenters. The molecule has 122 valence electrons. The van der Waals surface area contributed by atoms with Crippen molar-refractivity contribution in [2.45, 2.75) is 51.2 Å². The molecule has 4 heteroatoms. The van der Waals surface area contributed by atoms with E-state index in [0.717, 1.165) is 36.1 Å². The van der Waals surface area contributed by atoms with Gasteiger partial charge in [-0.1, -0.05) is 6.92 Å². The number of nitrogens with zero attached hydrogens (tertiary/aromatic N) is 2. The van der Waals surface area contributed by atoms with Gasteiger partial charge in [-0.3, -0.25) is 9.69 Å². The zero-order valence-electron chi connectivity index (χ0n) is 13.9. The average Bonchev–Trinajstić information content (AvgIpc) is 3.44. The zero-order chi connectivity index (χ0) is 16.0. The van der Waals surface area contributed by atoms with Crippen molar-refractivity contribution in [1.82, 2.24) is 9.47 Å². The van der Waals surface area contributed by atoms with Gasteiger partial charge in [0.2, 0.25) is 0 Å². The van der Waals surface area contributed by atoms with Gasteiger partial charge in [0.25, 0.3) is 5.56 Å². The average molecular weight is 312 g/mol. The lowest BCUT2D eigenvalue weighted by atomic mass is 10.2. The summed E-state index contributed by atoms with van der Waals surface area (Å²) in [4.78, 5) is 14.2. The highest BCUT2D eigenvalue weighted by Gasteiger charge is 2.37. The van der Waals surface area contributed by atoms with E-state index in [2.05, 4.69) is 24.0 Å². The van der Waals surface area contributed by atoms with Gasteiger partial charge in [-0.2, -0.15) is 0 Å². The molecule has 2 saturated carbocycles. The second-order valence-electron chi connectivity index (χ2n) is 7.24. The quantitative estimate of drug-likeness (QED) is 0.822. The fourth-order valence-electron chi connectivity index (χ4n) is 3.27. The zero-order valence-corrected chi connectivity index (χ0v) is 13.9. The fraction of sp³-hybridized carbons (Fsp3) is 0.526. The molecule has 2 aliphatic carbocycles. The number of pyridine rings is 1. The summed E-state index contributed by atoms with van der Waals surface area (Å²) in [6.45, 7) is 3.93. The molecule has 0 unspecified atom stereocenters. The van der Waals surface area contributed by atoms with E-state index in [0.29, 0.717) is 12.0 Å². The van der Waals surface area contributed by atoms with E-state index in [1.54, 1.807) is 17.7 Å². The molecule has 2 heterocycles. The third-order valence-corrected chi connectivity index (χ3v) is 5.13. The van der Waals surface area contributed by atoms with Gasteiger partial charge in [0.15, 0.2) is 0 Å². The van der Waals surface area contributed by atoms with Gasteiger partial charge in [0.05, 0.1) is 6.54 Å². The maximum atomic E-state index is 11.8. The van der Waals surface area contributed by atoms with Crippen LogP contribution in [0.25, 0.3) is 0 Å². The van der Waals surface area contributed by atoms with Crippen LogP contribution >= 0.6 is 0 Å². The van der Waals surface area contributed by atoms with Crippen LogP contribution in [0.2, 0.25) is 0 Å². The molecule has 23 heavy (non-hydrogen) atoms. The van der Waals surface area contributed by atoms with Crippen LogP contribution in [0.15, 0.2) is 39.7 Å². The summed E-state index contributed by atoms with van der Waals surface area (Å²) in [5.74, 6) is 3.61. The van der Waals surface area contributed by atoms with Crippen molar-refractivity contribution < 1.29 is 4.42 Å². The molecule has 0 aromatic carbocycles. The van der Waals surface area contributed by atoms with Crippen LogP contribution in [0, 0.1) is 5.92 Å². The van der Waals surface area contributed by atoms with E-state index in [9.17, 15) is 4.79 Å². The molecular weight excluding hydrogens is 288 g/mol. The molecule has 2 aromatic heterocycles. The van der Waals surface area contributed by atoms with Gasteiger partial charge in [0.1, 0.15) is 11.5 Å². The van der Waals surface area contributed by atoms with Crippen LogP contribution < -0.4 is 5.56 Å². The predicted molar refractivity (Wildman–Crippen MR) is 89.2 cm³/mol. The van der Waals surface area contributed by atoms with Gasteiger partial charge in [-0.15, -0.1) is 0 Å². The van der Waals surface area contributed by atoms with Crippen LogP contribution in [0.1, 0.15) is 49.2 Å². The van der Waals surface area contributed by atoms with Crippen molar-refractivity contribution in [2.24, 2.45) is 13.0 Å². The maximum absolute atomic E-state index is 11.8. The van der Waals surface area contributed by atoms with Gasteiger partial charge >= 0.3 is 0 Å². The lowest BCUT2D eigenvalue weighted by Crippen LogP contribution is -2.26. The summed E-state index contributed by atoms with van der Waals surface area (Å²) in [6, 6.07) is 8.69. The topological polar surface area (TPSA) is 38.4 Å². The predicted octanol–water partition coefficient (Wildman–Crippen LogP) is 3.27. The highest BCUT2D eigenvalue weighted by atomic mass is 16.3. The van der Waals surface area contributed by atoms with Crippen LogP contribution in [-0.4, -0.2) is 15.5 Å². The van der Waals surface area contributed by atoms with Crippen molar-refractivity contribution in [2.75, 3.05) is 0 Å². The summed E-state index contributed by atoms with van der Waals surface area (Å²) >= 11 is 0. The Morgan fingerprint density at radius 3 is 2.70 bits per heavy atom. The third-order valence-electron chi connectivity index (χ3n) is 5.13. The molecule has 0 aliphatic heterocycles. The minimum atomic E-state index is 0.0567. The Morgan fingerprint density at radius 1 is 1.26 bits per heavy atom. The van der Waals surface area contributed by atoms with Gasteiger partial charge in [-0.05, 0) is 48.9 Å². The molecule has 0 amide bonds. The molecule has 2 aromatic rings. The van der Waals surface area contributed by atoms with E-state index < -0.39 is 0 Å². The first-order valence-electron chi connectivity index (χ1n) is 8.58. The molecule has 4 nitrogen and oxygen atoms in total. The van der Waals surface area contributed by atoms with Crippen LogP contribution in [0.5, 0.6) is 0 Å².